The molecule has 2 unspecified atom stereocenters. The van der Waals surface area contributed by atoms with Gasteiger partial charge in [0.1, 0.15) is 0 Å². The number of rotatable bonds is 5. The summed E-state index contributed by atoms with van der Waals surface area (Å²) in [5.74, 6) is -2.40. The van der Waals surface area contributed by atoms with Crippen LogP contribution < -0.4 is 40.0 Å². The van der Waals surface area contributed by atoms with Gasteiger partial charge in [-0.15, -0.1) is 0 Å². The summed E-state index contributed by atoms with van der Waals surface area (Å²) in [4.78, 5) is 22.5. The second kappa shape index (κ2) is 8.96. The molecule has 3 atom stereocenters. The van der Waals surface area contributed by atoms with Gasteiger partial charge in [0, 0.05) is 14.5 Å². The summed E-state index contributed by atoms with van der Waals surface area (Å²) in [6.07, 6.45) is -2.13. The van der Waals surface area contributed by atoms with Crippen LogP contribution in [-0.4, -0.2) is 25.1 Å². The van der Waals surface area contributed by atoms with Crippen LogP contribution in [0.3, 0.4) is 0 Å². The molecule has 98 valence electrons. The molecule has 19 heavy (non-hydrogen) atoms. The zero-order valence-electron chi connectivity index (χ0n) is 15.9. The molecular formula is C13H16NNaO4. The Labute approximate surface area is 141 Å². The molecule has 5 nitrogen and oxygen atoms in total. The van der Waals surface area contributed by atoms with Gasteiger partial charge < -0.3 is 20.0 Å². The Morgan fingerprint density at radius 1 is 1.63 bits per heavy atom. The Kier molecular flexibility index (Phi) is 5.05. The molecule has 1 rings (SSSR count). The minimum atomic E-state index is -1.67. The third-order valence-electron chi connectivity index (χ3n) is 2.08. The zero-order valence-corrected chi connectivity index (χ0v) is 12.9. The molecule has 1 N–H and O–H groups in total. The topological polar surface area (TPSA) is 78.5 Å². The standard InChI is InChI=1S/C13H17NO4.Na/c1-9(8-11(15)18-2)14-12(13(16)17)10-6-4-3-5-7-10;/h3-4,7-8,12,14H,5-6H2,1-2H3,(H,16,17);/q;+1/p-1/b9-8+;/t12-;/m1./s1/i3D,4D,5D,6D,7D;/t5?,6?,12-;. The van der Waals surface area contributed by atoms with Gasteiger partial charge in [-0.1, -0.05) is 18.2 Å². The van der Waals surface area contributed by atoms with Crippen LogP contribution in [0.1, 0.15) is 26.6 Å². The van der Waals surface area contributed by atoms with Crippen LogP contribution in [-0.2, 0) is 14.3 Å². The summed E-state index contributed by atoms with van der Waals surface area (Å²) in [6.45, 7) is 1.38. The largest absolute Gasteiger partial charge is 1.00 e. The van der Waals surface area contributed by atoms with Gasteiger partial charge in [0.15, 0.2) is 0 Å². The van der Waals surface area contributed by atoms with Gasteiger partial charge in [-0.25, -0.2) is 4.79 Å². The summed E-state index contributed by atoms with van der Waals surface area (Å²) in [6, 6.07) is -3.28. The molecule has 1 aliphatic rings. The van der Waals surface area contributed by atoms with Crippen LogP contribution >= 0.6 is 0 Å². The predicted octanol–water partition coefficient (Wildman–Crippen LogP) is -2.95. The Morgan fingerprint density at radius 2 is 2.32 bits per heavy atom. The maximum Gasteiger partial charge on any atom is 1.00 e. The van der Waals surface area contributed by atoms with Crippen LogP contribution in [0, 0.1) is 0 Å². The van der Waals surface area contributed by atoms with Gasteiger partial charge in [-0.3, -0.25) is 0 Å². The molecular weight excluding hydrogens is 257 g/mol. The maximum atomic E-state index is 11.4. The molecule has 0 fully saturated rings. The number of carbonyl (C=O) groups is 2. The molecule has 0 aromatic heterocycles. The van der Waals surface area contributed by atoms with Crippen LogP contribution in [0.25, 0.3) is 0 Å². The third kappa shape index (κ3) is 6.09. The second-order valence-corrected chi connectivity index (χ2v) is 3.42. The van der Waals surface area contributed by atoms with E-state index in [1.807, 2.05) is 0 Å². The van der Waals surface area contributed by atoms with Crippen molar-refractivity contribution in [2.75, 3.05) is 7.11 Å². The number of esters is 1. The number of carbonyl (C=O) groups excluding carboxylic acids is 2. The van der Waals surface area contributed by atoms with E-state index in [-0.39, 0.29) is 40.8 Å². The summed E-state index contributed by atoms with van der Waals surface area (Å²) < 4.78 is 42.9. The van der Waals surface area contributed by atoms with Crippen molar-refractivity contribution < 1.29 is 55.8 Å². The van der Waals surface area contributed by atoms with Crippen molar-refractivity contribution >= 4 is 11.9 Å². The molecule has 0 amide bonds. The minimum absolute atomic E-state index is 0. The smallest absolute Gasteiger partial charge is 0.548 e. The van der Waals surface area contributed by atoms with Gasteiger partial charge >= 0.3 is 35.5 Å². The van der Waals surface area contributed by atoms with E-state index in [0.717, 1.165) is 13.2 Å². The molecule has 1 aliphatic carbocycles. The van der Waals surface area contributed by atoms with Crippen LogP contribution in [0.4, 0.5) is 0 Å². The van der Waals surface area contributed by atoms with Gasteiger partial charge in [0.05, 0.1) is 23.2 Å². The molecule has 6 heteroatoms. The quantitative estimate of drug-likeness (QED) is 0.252. The van der Waals surface area contributed by atoms with E-state index in [9.17, 15) is 14.7 Å². The molecule has 0 heterocycles. The molecule has 0 spiro atoms. The van der Waals surface area contributed by atoms with Gasteiger partial charge in [-0.2, -0.15) is 0 Å². The number of nitrogens with one attached hydrogen (secondary N) is 1. The first-order chi connectivity index (χ1) is 10.6. The monoisotopic (exact) mass is 278 g/mol. The molecule has 0 aromatic carbocycles. The van der Waals surface area contributed by atoms with E-state index in [1.54, 1.807) is 0 Å². The number of hydrogen-bond acceptors (Lipinski definition) is 5. The Hall–Kier alpha value is -1.04. The summed E-state index contributed by atoms with van der Waals surface area (Å²) in [5, 5.41) is 13.8. The fourth-order valence-corrected chi connectivity index (χ4v) is 1.26. The number of allylic oxidation sites excluding steroid dienone is 4. The van der Waals surface area contributed by atoms with Gasteiger partial charge in [0.25, 0.3) is 0 Å². The minimum Gasteiger partial charge on any atom is -0.548 e. The van der Waals surface area contributed by atoms with E-state index in [0.29, 0.717) is 0 Å². The number of methoxy groups -OCH3 is 1. The Morgan fingerprint density at radius 3 is 2.89 bits per heavy atom. The SMILES string of the molecule is [2H]C1=C([2H])C([2H])C([C@@H](N/C(C)=C/C(=O)OC)C(=O)[O-])=C([2H])C1[2H].[Na+]. The average Bonchev–Trinajstić information content (AvgIpc) is 2.49. The molecule has 0 bridgehead atoms. The normalized spacial score (nSPS) is 28.9. The Bertz CT molecular complexity index is 619. The molecule has 0 saturated carbocycles. The molecule has 0 aromatic rings. The van der Waals surface area contributed by atoms with Crippen molar-refractivity contribution in [3.8, 4) is 0 Å². The first-order valence-electron chi connectivity index (χ1n) is 7.73. The van der Waals surface area contributed by atoms with E-state index in [4.69, 9.17) is 6.85 Å². The van der Waals surface area contributed by atoms with Crippen LogP contribution in [0.5, 0.6) is 0 Å². The van der Waals surface area contributed by atoms with Crippen molar-refractivity contribution in [3.63, 3.8) is 0 Å². The van der Waals surface area contributed by atoms with Crippen LogP contribution in [0.2, 0.25) is 0 Å². The fraction of sp³-hybridized carbons (Fsp3) is 0.385. The maximum absolute atomic E-state index is 11.4. The number of carboxylic acid groups (broad SMARTS) is 1. The summed E-state index contributed by atoms with van der Waals surface area (Å²) >= 11 is 0. The molecule has 0 radical (unpaired) electrons. The predicted molar refractivity (Wildman–Crippen MR) is 64.2 cm³/mol. The first-order valence-corrected chi connectivity index (χ1v) is 5.07. The van der Waals surface area contributed by atoms with Gasteiger partial charge in [0.2, 0.25) is 0 Å². The second-order valence-electron chi connectivity index (χ2n) is 3.42. The first kappa shape index (κ1) is 10.7. The number of hydrogen-bond donors (Lipinski definition) is 1. The zero-order chi connectivity index (χ0) is 17.9. The summed E-state index contributed by atoms with van der Waals surface area (Å²) in [5.41, 5.74) is -0.268. The van der Waals surface area contributed by atoms with E-state index in [1.165, 1.54) is 6.92 Å². The Balaban J connectivity index is 0.00000529. The van der Waals surface area contributed by atoms with Gasteiger partial charge in [-0.05, 0) is 25.3 Å². The van der Waals surface area contributed by atoms with Crippen LogP contribution in [0.15, 0.2) is 35.5 Å². The van der Waals surface area contributed by atoms with Crippen molar-refractivity contribution in [1.82, 2.24) is 5.32 Å². The molecule has 0 saturated heterocycles. The van der Waals surface area contributed by atoms with Crippen molar-refractivity contribution in [3.05, 3.63) is 35.5 Å². The number of ether oxygens (including phenoxy) is 1. The molecule has 0 aliphatic heterocycles. The third-order valence-corrected chi connectivity index (χ3v) is 2.08. The summed E-state index contributed by atoms with van der Waals surface area (Å²) in [7, 11) is 1.14. The average molecular weight is 278 g/mol. The number of aliphatic carboxylic acids is 1. The van der Waals surface area contributed by atoms with Crippen molar-refractivity contribution in [2.45, 2.75) is 25.8 Å². The van der Waals surface area contributed by atoms with E-state index in [2.05, 4.69) is 10.1 Å². The van der Waals surface area contributed by atoms with Crippen molar-refractivity contribution in [2.24, 2.45) is 0 Å². The fourth-order valence-electron chi connectivity index (χ4n) is 1.26. The van der Waals surface area contributed by atoms with E-state index < -0.39 is 48.9 Å². The number of carboxylic acids is 1. The van der Waals surface area contributed by atoms with Crippen molar-refractivity contribution in [1.29, 1.82) is 0 Å². The van der Waals surface area contributed by atoms with E-state index >= 15 is 0 Å².